The molecule has 0 aromatic heterocycles. The predicted octanol–water partition coefficient (Wildman–Crippen LogP) is 3.59. The highest BCUT2D eigenvalue weighted by atomic mass is 15.2. The molecule has 0 radical (unpaired) electrons. The Bertz CT molecular complexity index is 363. The number of nitrogens with zero attached hydrogens (tertiary/aromatic N) is 1. The van der Waals surface area contributed by atoms with E-state index in [0.717, 1.165) is 24.9 Å². The van der Waals surface area contributed by atoms with Gasteiger partial charge in [-0.25, -0.2) is 0 Å². The van der Waals surface area contributed by atoms with E-state index in [9.17, 15) is 0 Å². The van der Waals surface area contributed by atoms with E-state index in [0.29, 0.717) is 6.04 Å². The molecule has 1 fully saturated rings. The summed E-state index contributed by atoms with van der Waals surface area (Å²) >= 11 is 0. The molecule has 0 saturated heterocycles. The standard InChI is InChI=1S/C17H28N2/c1-14-7-6-10-16(13-14)19(2)17(11-12-18)15-8-4-3-5-9-15/h3-5,8-9,14,16-17H,6-7,10-13,18H2,1-2H3. The second kappa shape index (κ2) is 7.06. The van der Waals surface area contributed by atoms with E-state index in [1.165, 1.54) is 31.2 Å². The van der Waals surface area contributed by atoms with E-state index < -0.39 is 0 Å². The van der Waals surface area contributed by atoms with Gasteiger partial charge in [0.2, 0.25) is 0 Å². The van der Waals surface area contributed by atoms with Gasteiger partial charge in [0.15, 0.2) is 0 Å². The number of rotatable bonds is 5. The fraction of sp³-hybridized carbons (Fsp3) is 0.647. The Morgan fingerprint density at radius 1 is 1.26 bits per heavy atom. The molecule has 1 saturated carbocycles. The van der Waals surface area contributed by atoms with E-state index in [1.54, 1.807) is 0 Å². The lowest BCUT2D eigenvalue weighted by Gasteiger charge is -2.39. The first kappa shape index (κ1) is 14.5. The van der Waals surface area contributed by atoms with Crippen molar-refractivity contribution in [3.05, 3.63) is 35.9 Å². The maximum atomic E-state index is 5.83. The molecule has 19 heavy (non-hydrogen) atoms. The van der Waals surface area contributed by atoms with Gasteiger partial charge in [-0.15, -0.1) is 0 Å². The van der Waals surface area contributed by atoms with Gasteiger partial charge in [-0.1, -0.05) is 50.1 Å². The second-order valence-corrected chi connectivity index (χ2v) is 6.09. The molecule has 2 nitrogen and oxygen atoms in total. The fourth-order valence-electron chi connectivity index (χ4n) is 3.46. The van der Waals surface area contributed by atoms with Crippen LogP contribution in [0, 0.1) is 5.92 Å². The Kier molecular flexibility index (Phi) is 5.41. The van der Waals surface area contributed by atoms with Crippen LogP contribution in [0.4, 0.5) is 0 Å². The minimum Gasteiger partial charge on any atom is -0.330 e. The van der Waals surface area contributed by atoms with Crippen LogP contribution in [0.25, 0.3) is 0 Å². The first-order valence-electron chi connectivity index (χ1n) is 7.69. The van der Waals surface area contributed by atoms with Crippen LogP contribution >= 0.6 is 0 Å². The SMILES string of the molecule is CC1CCCC(N(C)C(CCN)c2ccccc2)C1. The summed E-state index contributed by atoms with van der Waals surface area (Å²) in [6.07, 6.45) is 6.50. The lowest BCUT2D eigenvalue weighted by atomic mass is 9.85. The summed E-state index contributed by atoms with van der Waals surface area (Å²) in [6.45, 7) is 3.15. The maximum absolute atomic E-state index is 5.83. The van der Waals surface area contributed by atoms with Gasteiger partial charge in [0, 0.05) is 12.1 Å². The number of hydrogen-bond acceptors (Lipinski definition) is 2. The molecule has 0 bridgehead atoms. The van der Waals surface area contributed by atoms with Gasteiger partial charge >= 0.3 is 0 Å². The average molecular weight is 260 g/mol. The summed E-state index contributed by atoms with van der Waals surface area (Å²) in [7, 11) is 2.29. The summed E-state index contributed by atoms with van der Waals surface area (Å²) in [6, 6.07) is 12.0. The molecule has 0 spiro atoms. The minimum absolute atomic E-state index is 0.474. The molecular weight excluding hydrogens is 232 g/mol. The Hall–Kier alpha value is -0.860. The first-order valence-corrected chi connectivity index (χ1v) is 7.69. The van der Waals surface area contributed by atoms with Gasteiger partial charge in [-0.05, 0) is 44.3 Å². The van der Waals surface area contributed by atoms with Crippen LogP contribution in [0.3, 0.4) is 0 Å². The van der Waals surface area contributed by atoms with Crippen molar-refractivity contribution in [2.75, 3.05) is 13.6 Å². The Morgan fingerprint density at radius 3 is 2.63 bits per heavy atom. The molecule has 0 heterocycles. The van der Waals surface area contributed by atoms with Crippen molar-refractivity contribution >= 4 is 0 Å². The molecule has 2 N–H and O–H groups in total. The average Bonchev–Trinajstić information content (AvgIpc) is 2.45. The van der Waals surface area contributed by atoms with Gasteiger partial charge in [0.05, 0.1) is 0 Å². The quantitative estimate of drug-likeness (QED) is 0.876. The van der Waals surface area contributed by atoms with Crippen LogP contribution in [0.1, 0.15) is 50.6 Å². The molecule has 1 aliphatic rings. The van der Waals surface area contributed by atoms with Gasteiger partial charge < -0.3 is 5.73 Å². The number of nitrogens with two attached hydrogens (primary N) is 1. The third-order valence-electron chi connectivity index (χ3n) is 4.60. The van der Waals surface area contributed by atoms with Crippen molar-refractivity contribution in [3.63, 3.8) is 0 Å². The summed E-state index contributed by atoms with van der Waals surface area (Å²) in [5.41, 5.74) is 7.25. The molecule has 3 atom stereocenters. The van der Waals surface area contributed by atoms with Crippen molar-refractivity contribution < 1.29 is 0 Å². The number of benzene rings is 1. The molecule has 106 valence electrons. The smallest absolute Gasteiger partial charge is 0.0360 e. The topological polar surface area (TPSA) is 29.3 Å². The van der Waals surface area contributed by atoms with E-state index in [2.05, 4.69) is 49.2 Å². The van der Waals surface area contributed by atoms with Gasteiger partial charge in [-0.2, -0.15) is 0 Å². The molecule has 1 aromatic rings. The zero-order valence-corrected chi connectivity index (χ0v) is 12.4. The summed E-state index contributed by atoms with van der Waals surface area (Å²) < 4.78 is 0. The summed E-state index contributed by atoms with van der Waals surface area (Å²) in [5, 5.41) is 0. The van der Waals surface area contributed by atoms with Gasteiger partial charge in [0.1, 0.15) is 0 Å². The first-order chi connectivity index (χ1) is 9.22. The Labute approximate surface area is 118 Å². The third-order valence-corrected chi connectivity index (χ3v) is 4.60. The van der Waals surface area contributed by atoms with Crippen LogP contribution in [-0.2, 0) is 0 Å². The monoisotopic (exact) mass is 260 g/mol. The zero-order valence-electron chi connectivity index (χ0n) is 12.4. The highest BCUT2D eigenvalue weighted by Crippen LogP contribution is 2.32. The second-order valence-electron chi connectivity index (χ2n) is 6.09. The van der Waals surface area contributed by atoms with Crippen LogP contribution in [0.5, 0.6) is 0 Å². The lowest BCUT2D eigenvalue weighted by molar-refractivity contribution is 0.114. The molecular formula is C17H28N2. The highest BCUT2D eigenvalue weighted by Gasteiger charge is 2.27. The molecule has 0 aliphatic heterocycles. The Balaban J connectivity index is 2.09. The van der Waals surface area contributed by atoms with Crippen molar-refractivity contribution in [2.45, 2.75) is 51.1 Å². The highest BCUT2D eigenvalue weighted by molar-refractivity contribution is 5.19. The zero-order chi connectivity index (χ0) is 13.7. The fourth-order valence-corrected chi connectivity index (χ4v) is 3.46. The van der Waals surface area contributed by atoms with Crippen LogP contribution in [0.15, 0.2) is 30.3 Å². The van der Waals surface area contributed by atoms with E-state index in [-0.39, 0.29) is 0 Å². The van der Waals surface area contributed by atoms with Gasteiger partial charge in [0.25, 0.3) is 0 Å². The van der Waals surface area contributed by atoms with Crippen LogP contribution in [0.2, 0.25) is 0 Å². The lowest BCUT2D eigenvalue weighted by Crippen LogP contribution is -2.39. The van der Waals surface area contributed by atoms with E-state index >= 15 is 0 Å². The molecule has 2 rings (SSSR count). The van der Waals surface area contributed by atoms with E-state index in [1.807, 2.05) is 0 Å². The molecule has 2 heteroatoms. The minimum atomic E-state index is 0.474. The largest absolute Gasteiger partial charge is 0.330 e. The van der Waals surface area contributed by atoms with Crippen molar-refractivity contribution in [3.8, 4) is 0 Å². The molecule has 0 amide bonds. The maximum Gasteiger partial charge on any atom is 0.0360 e. The predicted molar refractivity (Wildman–Crippen MR) is 82.0 cm³/mol. The van der Waals surface area contributed by atoms with E-state index in [4.69, 9.17) is 5.73 Å². The van der Waals surface area contributed by atoms with Crippen LogP contribution in [-0.4, -0.2) is 24.5 Å². The normalized spacial score (nSPS) is 25.5. The van der Waals surface area contributed by atoms with Crippen LogP contribution < -0.4 is 5.73 Å². The van der Waals surface area contributed by atoms with Gasteiger partial charge in [-0.3, -0.25) is 4.90 Å². The van der Waals surface area contributed by atoms with Crippen molar-refractivity contribution in [2.24, 2.45) is 11.7 Å². The number of hydrogen-bond donors (Lipinski definition) is 1. The van der Waals surface area contributed by atoms with Crippen molar-refractivity contribution in [1.29, 1.82) is 0 Å². The summed E-state index contributed by atoms with van der Waals surface area (Å²) in [4.78, 5) is 2.58. The third kappa shape index (κ3) is 3.80. The summed E-state index contributed by atoms with van der Waals surface area (Å²) in [5.74, 6) is 0.871. The molecule has 1 aliphatic carbocycles. The molecule has 1 aromatic carbocycles. The Morgan fingerprint density at radius 2 is 2.00 bits per heavy atom. The molecule has 3 unspecified atom stereocenters. The van der Waals surface area contributed by atoms with Crippen molar-refractivity contribution in [1.82, 2.24) is 4.90 Å².